The van der Waals surface area contributed by atoms with E-state index >= 15 is 0 Å². The lowest BCUT2D eigenvalue weighted by atomic mass is 10.0. The monoisotopic (exact) mass is 277 g/mol. The van der Waals surface area contributed by atoms with Crippen LogP contribution in [0.2, 0.25) is 0 Å². The lowest BCUT2D eigenvalue weighted by molar-refractivity contribution is 0.134. The summed E-state index contributed by atoms with van der Waals surface area (Å²) in [7, 11) is 0. The van der Waals surface area contributed by atoms with Crippen LogP contribution in [0.1, 0.15) is 16.8 Å². The Kier molecular flexibility index (Phi) is 2.82. The van der Waals surface area contributed by atoms with Crippen LogP contribution in [0.15, 0.2) is 42.7 Å². The third-order valence-corrected chi connectivity index (χ3v) is 3.78. The van der Waals surface area contributed by atoms with Gasteiger partial charge in [-0.2, -0.15) is 0 Å². The van der Waals surface area contributed by atoms with Gasteiger partial charge in [-0.3, -0.25) is 4.98 Å². The zero-order valence-electron chi connectivity index (χ0n) is 11.8. The summed E-state index contributed by atoms with van der Waals surface area (Å²) in [5.41, 5.74) is 7.41. The number of aryl methyl sites for hydroxylation is 1. The van der Waals surface area contributed by atoms with Crippen molar-refractivity contribution in [1.82, 2.24) is 15.0 Å². The Labute approximate surface area is 122 Å². The van der Waals surface area contributed by atoms with Crippen LogP contribution < -0.4 is 0 Å². The fourth-order valence-corrected chi connectivity index (χ4v) is 2.71. The summed E-state index contributed by atoms with van der Waals surface area (Å²) in [4.78, 5) is 12.3. The summed E-state index contributed by atoms with van der Waals surface area (Å²) >= 11 is 0. The Morgan fingerprint density at radius 3 is 2.90 bits per heavy atom. The molecule has 1 aliphatic heterocycles. The number of benzene rings is 1. The lowest BCUT2D eigenvalue weighted by Gasteiger charge is -2.05. The number of aromatic nitrogens is 3. The Bertz CT molecular complexity index is 807. The van der Waals surface area contributed by atoms with Crippen LogP contribution in [0.5, 0.6) is 0 Å². The third kappa shape index (κ3) is 2.14. The minimum absolute atomic E-state index is 0.686. The van der Waals surface area contributed by atoms with Crippen LogP contribution in [-0.2, 0) is 18.0 Å². The van der Waals surface area contributed by atoms with E-state index < -0.39 is 0 Å². The second-order valence-corrected chi connectivity index (χ2v) is 5.27. The number of pyridine rings is 1. The molecule has 0 spiro atoms. The molecule has 0 saturated heterocycles. The Morgan fingerprint density at radius 1 is 1.10 bits per heavy atom. The van der Waals surface area contributed by atoms with E-state index in [0.717, 1.165) is 28.3 Å². The van der Waals surface area contributed by atoms with Gasteiger partial charge in [0.05, 0.1) is 36.6 Å². The molecular weight excluding hydrogens is 262 g/mol. The summed E-state index contributed by atoms with van der Waals surface area (Å²) in [6.07, 6.45) is 1.72. The fourth-order valence-electron chi connectivity index (χ4n) is 2.71. The lowest BCUT2D eigenvalue weighted by Crippen LogP contribution is -1.90. The van der Waals surface area contributed by atoms with Gasteiger partial charge in [-0.05, 0) is 36.2 Å². The first-order valence-corrected chi connectivity index (χ1v) is 6.98. The number of hydrogen-bond donors (Lipinski definition) is 1. The first-order chi connectivity index (χ1) is 10.3. The van der Waals surface area contributed by atoms with Crippen molar-refractivity contribution in [1.29, 1.82) is 0 Å². The molecule has 1 N–H and O–H groups in total. The van der Waals surface area contributed by atoms with Crippen molar-refractivity contribution < 1.29 is 4.74 Å². The number of nitrogens with one attached hydrogen (secondary N) is 1. The standard InChI is InChI=1S/C17H15N3O/c1-11-3-2-4-15(20-11)17-16(18-10-19-17)12-5-6-13-8-21-9-14(13)7-12/h2-7,10H,8-9H2,1H3,(H,18,19). The first-order valence-electron chi connectivity index (χ1n) is 6.98. The van der Waals surface area contributed by atoms with E-state index in [1.54, 1.807) is 6.33 Å². The molecular formula is C17H15N3O. The Morgan fingerprint density at radius 2 is 2.00 bits per heavy atom. The van der Waals surface area contributed by atoms with Gasteiger partial charge in [0.2, 0.25) is 0 Å². The van der Waals surface area contributed by atoms with Crippen molar-refractivity contribution in [2.24, 2.45) is 0 Å². The van der Waals surface area contributed by atoms with E-state index in [1.165, 1.54) is 11.1 Å². The van der Waals surface area contributed by atoms with Crippen LogP contribution in [0, 0.1) is 6.92 Å². The SMILES string of the molecule is Cc1cccc(-c2[nH]cnc2-c2ccc3c(c2)COC3)n1. The molecule has 4 rings (SSSR count). The second-order valence-electron chi connectivity index (χ2n) is 5.27. The average Bonchev–Trinajstić information content (AvgIpc) is 3.15. The van der Waals surface area contributed by atoms with E-state index in [0.29, 0.717) is 13.2 Å². The molecule has 2 aromatic heterocycles. The Hall–Kier alpha value is -2.46. The number of aromatic amines is 1. The van der Waals surface area contributed by atoms with Gasteiger partial charge in [-0.1, -0.05) is 18.2 Å². The first kappa shape index (κ1) is 12.3. The largest absolute Gasteiger partial charge is 0.372 e. The van der Waals surface area contributed by atoms with Gasteiger partial charge in [-0.25, -0.2) is 4.98 Å². The van der Waals surface area contributed by atoms with Crippen molar-refractivity contribution in [3.05, 3.63) is 59.5 Å². The zero-order chi connectivity index (χ0) is 14.2. The number of rotatable bonds is 2. The highest BCUT2D eigenvalue weighted by atomic mass is 16.5. The second kappa shape index (κ2) is 4.82. The molecule has 0 aliphatic carbocycles. The highest BCUT2D eigenvalue weighted by Crippen LogP contribution is 2.31. The molecule has 4 nitrogen and oxygen atoms in total. The minimum Gasteiger partial charge on any atom is -0.372 e. The molecule has 0 atom stereocenters. The number of ether oxygens (including phenoxy) is 1. The molecule has 21 heavy (non-hydrogen) atoms. The van der Waals surface area contributed by atoms with Crippen LogP contribution in [0.4, 0.5) is 0 Å². The summed E-state index contributed by atoms with van der Waals surface area (Å²) in [5, 5.41) is 0. The summed E-state index contributed by atoms with van der Waals surface area (Å²) in [6, 6.07) is 12.4. The van der Waals surface area contributed by atoms with Gasteiger partial charge in [-0.15, -0.1) is 0 Å². The number of imidazole rings is 1. The molecule has 0 bridgehead atoms. The molecule has 1 aliphatic rings. The molecule has 0 radical (unpaired) electrons. The van der Waals surface area contributed by atoms with Crippen LogP contribution in [0.3, 0.4) is 0 Å². The van der Waals surface area contributed by atoms with E-state index in [-0.39, 0.29) is 0 Å². The van der Waals surface area contributed by atoms with Crippen LogP contribution in [-0.4, -0.2) is 15.0 Å². The molecule has 4 heteroatoms. The van der Waals surface area contributed by atoms with Gasteiger partial charge in [0.25, 0.3) is 0 Å². The van der Waals surface area contributed by atoms with Crippen molar-refractivity contribution in [2.45, 2.75) is 20.1 Å². The van der Waals surface area contributed by atoms with E-state index in [9.17, 15) is 0 Å². The van der Waals surface area contributed by atoms with Crippen molar-refractivity contribution in [3.63, 3.8) is 0 Å². The van der Waals surface area contributed by atoms with Gasteiger partial charge in [0, 0.05) is 11.3 Å². The highest BCUT2D eigenvalue weighted by Gasteiger charge is 2.16. The van der Waals surface area contributed by atoms with Crippen LogP contribution in [0.25, 0.3) is 22.6 Å². The molecule has 3 aromatic rings. The molecule has 3 heterocycles. The minimum atomic E-state index is 0.686. The summed E-state index contributed by atoms with van der Waals surface area (Å²) < 4.78 is 5.48. The molecule has 0 saturated carbocycles. The normalized spacial score (nSPS) is 13.4. The number of hydrogen-bond acceptors (Lipinski definition) is 3. The number of H-pyrrole nitrogens is 1. The fraction of sp³-hybridized carbons (Fsp3) is 0.176. The maximum absolute atomic E-state index is 5.48. The van der Waals surface area contributed by atoms with Crippen molar-refractivity contribution >= 4 is 0 Å². The van der Waals surface area contributed by atoms with Crippen molar-refractivity contribution in [2.75, 3.05) is 0 Å². The predicted octanol–water partition coefficient (Wildman–Crippen LogP) is 3.48. The molecule has 1 aromatic carbocycles. The van der Waals surface area contributed by atoms with Gasteiger partial charge in [0.15, 0.2) is 0 Å². The van der Waals surface area contributed by atoms with E-state index in [4.69, 9.17) is 4.74 Å². The van der Waals surface area contributed by atoms with E-state index in [1.807, 2.05) is 25.1 Å². The molecule has 0 amide bonds. The molecule has 0 unspecified atom stereocenters. The van der Waals surface area contributed by atoms with Gasteiger partial charge < -0.3 is 9.72 Å². The molecule has 104 valence electrons. The maximum atomic E-state index is 5.48. The highest BCUT2D eigenvalue weighted by molar-refractivity contribution is 5.76. The maximum Gasteiger partial charge on any atom is 0.0977 e. The average molecular weight is 277 g/mol. The number of nitrogens with zero attached hydrogens (tertiary/aromatic N) is 2. The van der Waals surface area contributed by atoms with Gasteiger partial charge in [0.1, 0.15) is 0 Å². The molecule has 0 fully saturated rings. The van der Waals surface area contributed by atoms with Crippen LogP contribution >= 0.6 is 0 Å². The number of fused-ring (bicyclic) bond motifs is 1. The van der Waals surface area contributed by atoms with Crippen molar-refractivity contribution in [3.8, 4) is 22.6 Å². The third-order valence-electron chi connectivity index (χ3n) is 3.78. The summed E-state index contributed by atoms with van der Waals surface area (Å²) in [6.45, 7) is 3.39. The summed E-state index contributed by atoms with van der Waals surface area (Å²) in [5.74, 6) is 0. The quantitative estimate of drug-likeness (QED) is 0.780. The smallest absolute Gasteiger partial charge is 0.0977 e. The zero-order valence-corrected chi connectivity index (χ0v) is 11.8. The van der Waals surface area contributed by atoms with Gasteiger partial charge >= 0.3 is 0 Å². The topological polar surface area (TPSA) is 50.8 Å². The van der Waals surface area contributed by atoms with E-state index in [2.05, 4.69) is 33.2 Å². The predicted molar refractivity (Wildman–Crippen MR) is 80.5 cm³/mol. The Balaban J connectivity index is 1.82.